The van der Waals surface area contributed by atoms with E-state index in [1.54, 1.807) is 0 Å². The summed E-state index contributed by atoms with van der Waals surface area (Å²) < 4.78 is 35.0. The number of aliphatic hydroxyl groups excluding tert-OH is 9. The van der Waals surface area contributed by atoms with Crippen LogP contribution in [0.3, 0.4) is 0 Å². The Bertz CT molecular complexity index is 1820. The maximum atomic E-state index is 14.6. The van der Waals surface area contributed by atoms with E-state index >= 15 is 0 Å². The molecule has 22 atom stereocenters. The largest absolute Gasteiger partial charge is 0.479 e. The van der Waals surface area contributed by atoms with Crippen LogP contribution in [0, 0.1) is 50.2 Å². The van der Waals surface area contributed by atoms with Crippen LogP contribution in [-0.2, 0) is 38.0 Å². The molecule has 3 aliphatic heterocycles. The number of hydrogen-bond donors (Lipinski definition) is 10. The highest BCUT2D eigenvalue weighted by atomic mass is 16.8. The highest BCUT2D eigenvalue weighted by Crippen LogP contribution is 2.76. The maximum absolute atomic E-state index is 14.6. The van der Waals surface area contributed by atoms with Crippen LogP contribution in [0.25, 0.3) is 0 Å². The van der Waals surface area contributed by atoms with Gasteiger partial charge in [-0.05, 0) is 109 Å². The Morgan fingerprint density at radius 2 is 1.25 bits per heavy atom. The van der Waals surface area contributed by atoms with Gasteiger partial charge in [-0.15, -0.1) is 0 Å². The third-order valence-corrected chi connectivity index (χ3v) is 18.9. The molecular formula is C47H74O18. The molecular weight excluding hydrogens is 852 g/mol. The number of ether oxygens (including phenoxy) is 6. The molecule has 0 radical (unpaired) electrons. The van der Waals surface area contributed by atoms with Crippen molar-refractivity contribution in [2.45, 2.75) is 205 Å². The van der Waals surface area contributed by atoms with E-state index < -0.39 is 128 Å². The quantitative estimate of drug-likeness (QED) is 0.0872. The molecule has 3 saturated heterocycles. The average molecular weight is 927 g/mol. The number of aliphatic hydroxyl groups is 9. The average Bonchev–Trinajstić information content (AvgIpc) is 3.52. The van der Waals surface area contributed by atoms with Gasteiger partial charge < -0.3 is 79.5 Å². The first kappa shape index (κ1) is 49.5. The lowest BCUT2D eigenvalue weighted by Gasteiger charge is -2.71. The van der Waals surface area contributed by atoms with Crippen molar-refractivity contribution < 1.29 is 89.1 Å². The normalized spacial score (nSPS) is 52.5. The zero-order valence-electron chi connectivity index (χ0n) is 38.7. The number of carbonyl (C=O) groups is 2. The number of aliphatic carboxylic acids is 1. The summed E-state index contributed by atoms with van der Waals surface area (Å²) in [5.74, 6) is -1.77. The molecule has 0 amide bonds. The van der Waals surface area contributed by atoms with E-state index in [0.717, 1.165) is 44.9 Å². The minimum absolute atomic E-state index is 0.0645. The van der Waals surface area contributed by atoms with E-state index in [1.165, 1.54) is 5.57 Å². The van der Waals surface area contributed by atoms with Crippen molar-refractivity contribution in [1.82, 2.24) is 0 Å². The molecule has 0 aromatic heterocycles. The number of hydrogen-bond acceptors (Lipinski definition) is 17. The lowest BCUT2D eigenvalue weighted by molar-refractivity contribution is -0.342. The van der Waals surface area contributed by atoms with Crippen molar-refractivity contribution in [3.05, 3.63) is 11.6 Å². The first-order valence-electron chi connectivity index (χ1n) is 23.7. The molecule has 7 fully saturated rings. The first-order chi connectivity index (χ1) is 30.3. The minimum atomic E-state index is -1.84. The fourth-order valence-corrected chi connectivity index (χ4v) is 14.8. The van der Waals surface area contributed by atoms with Gasteiger partial charge in [0.25, 0.3) is 0 Å². The van der Waals surface area contributed by atoms with Gasteiger partial charge in [-0.1, -0.05) is 60.1 Å². The fourth-order valence-electron chi connectivity index (χ4n) is 14.8. The Balaban J connectivity index is 1.01. The zero-order valence-corrected chi connectivity index (χ0v) is 38.7. The van der Waals surface area contributed by atoms with Gasteiger partial charge in [0.15, 0.2) is 18.7 Å². The highest BCUT2D eigenvalue weighted by Gasteiger charge is 2.70. The van der Waals surface area contributed by atoms with Crippen LogP contribution in [0.2, 0.25) is 0 Å². The summed E-state index contributed by atoms with van der Waals surface area (Å²) in [7, 11) is 0. The molecule has 8 rings (SSSR count). The van der Waals surface area contributed by atoms with Crippen LogP contribution in [0.5, 0.6) is 0 Å². The molecule has 65 heavy (non-hydrogen) atoms. The van der Waals surface area contributed by atoms with Crippen LogP contribution < -0.4 is 0 Å². The summed E-state index contributed by atoms with van der Waals surface area (Å²) in [5.41, 5.74) is -0.800. The Hall–Kier alpha value is -1.88. The molecule has 5 aliphatic carbocycles. The summed E-state index contributed by atoms with van der Waals surface area (Å²) in [6.07, 6.45) is -13.2. The van der Waals surface area contributed by atoms with Crippen LogP contribution in [-0.4, -0.2) is 168 Å². The summed E-state index contributed by atoms with van der Waals surface area (Å²) in [6, 6.07) is 0. The molecule has 0 unspecified atom stereocenters. The first-order valence-corrected chi connectivity index (χ1v) is 23.7. The van der Waals surface area contributed by atoms with Crippen molar-refractivity contribution in [2.75, 3.05) is 13.2 Å². The summed E-state index contributed by atoms with van der Waals surface area (Å²) in [6.45, 7) is 14.6. The van der Waals surface area contributed by atoms with E-state index in [0.29, 0.717) is 19.3 Å². The van der Waals surface area contributed by atoms with Gasteiger partial charge in [0, 0.05) is 0 Å². The third-order valence-electron chi connectivity index (χ3n) is 18.9. The molecule has 0 bridgehead atoms. The molecule has 18 heteroatoms. The molecule has 3 heterocycles. The third kappa shape index (κ3) is 7.67. The second-order valence-corrected chi connectivity index (χ2v) is 23.0. The molecule has 370 valence electrons. The second-order valence-electron chi connectivity index (χ2n) is 23.0. The monoisotopic (exact) mass is 926 g/mol. The second kappa shape index (κ2) is 17.2. The van der Waals surface area contributed by atoms with Crippen LogP contribution >= 0.6 is 0 Å². The van der Waals surface area contributed by atoms with Gasteiger partial charge in [-0.3, -0.25) is 4.79 Å². The Morgan fingerprint density at radius 1 is 0.662 bits per heavy atom. The lowest BCUT2D eigenvalue weighted by atomic mass is 9.33. The molecule has 0 spiro atoms. The van der Waals surface area contributed by atoms with Crippen LogP contribution in [0.4, 0.5) is 0 Å². The highest BCUT2D eigenvalue weighted by molar-refractivity contribution is 5.79. The molecule has 10 N–H and O–H groups in total. The van der Waals surface area contributed by atoms with Gasteiger partial charge in [0.2, 0.25) is 6.29 Å². The maximum Gasteiger partial charge on any atom is 0.335 e. The molecule has 4 saturated carbocycles. The predicted octanol–water partition coefficient (Wildman–Crippen LogP) is 0.872. The van der Waals surface area contributed by atoms with Crippen LogP contribution in [0.15, 0.2) is 11.6 Å². The zero-order chi connectivity index (χ0) is 47.6. The number of fused-ring (bicyclic) bond motifs is 7. The summed E-state index contributed by atoms with van der Waals surface area (Å²) in [5, 5.41) is 104. The van der Waals surface area contributed by atoms with Gasteiger partial charge in [-0.2, -0.15) is 0 Å². The van der Waals surface area contributed by atoms with E-state index in [-0.39, 0.29) is 39.4 Å². The topological polar surface area (TPSA) is 292 Å². The van der Waals surface area contributed by atoms with Gasteiger partial charge >= 0.3 is 11.9 Å². The molecule has 0 aromatic rings. The van der Waals surface area contributed by atoms with E-state index in [9.17, 15) is 60.7 Å². The van der Waals surface area contributed by atoms with Crippen molar-refractivity contribution in [3.63, 3.8) is 0 Å². The van der Waals surface area contributed by atoms with E-state index in [1.807, 2.05) is 0 Å². The van der Waals surface area contributed by atoms with Crippen molar-refractivity contribution in [2.24, 2.45) is 50.2 Å². The van der Waals surface area contributed by atoms with Crippen molar-refractivity contribution in [3.8, 4) is 0 Å². The van der Waals surface area contributed by atoms with Gasteiger partial charge in [-0.25, -0.2) is 4.79 Å². The molecule has 18 nitrogen and oxygen atoms in total. The minimum Gasteiger partial charge on any atom is -0.479 e. The Morgan fingerprint density at radius 3 is 1.89 bits per heavy atom. The van der Waals surface area contributed by atoms with E-state index in [4.69, 9.17) is 28.4 Å². The van der Waals surface area contributed by atoms with Gasteiger partial charge in [0.1, 0.15) is 61.0 Å². The van der Waals surface area contributed by atoms with Crippen molar-refractivity contribution >= 4 is 11.9 Å². The SMILES string of the molecule is CC1(C)CC[C@]2(C(=O)O[C@H]3O[C@@H](CO)[C@@H](O)[C@@H](O)[C@@H]3O)CC[C@@]3(C)C(=CC[C@@H]4[C@]5(C)CC[C@H](O[C@@H]6O[C@H](C(=O)O)[C@H](O[C@@H]7O[C@H](CO)[C@H](O)[C@H]7O)[C@@H](O)[C@H]6O)C(C)(C)[C@H]5CC[C@@]43C)[C@H]2C1. The number of rotatable bonds is 9. The number of carboxylic acids is 1. The lowest BCUT2D eigenvalue weighted by Crippen LogP contribution is -2.66. The number of carbonyl (C=O) groups excluding carboxylic acids is 1. The smallest absolute Gasteiger partial charge is 0.335 e. The predicted molar refractivity (Wildman–Crippen MR) is 225 cm³/mol. The number of allylic oxidation sites excluding steroid dienone is 2. The van der Waals surface area contributed by atoms with Crippen LogP contribution in [0.1, 0.15) is 113 Å². The van der Waals surface area contributed by atoms with Crippen molar-refractivity contribution in [1.29, 1.82) is 0 Å². The Kier molecular flexibility index (Phi) is 13.1. The van der Waals surface area contributed by atoms with E-state index in [2.05, 4.69) is 54.5 Å². The summed E-state index contributed by atoms with van der Waals surface area (Å²) in [4.78, 5) is 27.2. The number of esters is 1. The summed E-state index contributed by atoms with van der Waals surface area (Å²) >= 11 is 0. The Labute approximate surface area is 380 Å². The van der Waals surface area contributed by atoms with Gasteiger partial charge in [0.05, 0.1) is 24.7 Å². The molecule has 0 aromatic carbocycles. The number of carboxylic acid groups (broad SMARTS) is 1. The standard InChI is InChI=1S/C47H74O18/c1-42(2)14-16-47(41(59)65-39-33(55)30(52)28(50)23(19-48)61-39)17-15-45(6)21(22(47)18-42)8-9-26-44(5)12-11-27(43(3,4)25(44)10-13-46(26,45)7)62-40-34(56)31(53)35(36(64-40)37(57)58)63-38-32(54)29(51)24(20-49)60-38/h8,22-36,38-40,48-56H,9-20H2,1-7H3,(H,57,58)/t22-,23+,24-,25-,26-,27+,28-,29+,30-,31+,32-,33+,34-,35-,36+,38+,39-,40-,44-,45+,46+,47+/m1/s1. The fraction of sp³-hybridized carbons (Fsp3) is 0.915. The molecule has 8 aliphatic rings.